The monoisotopic (exact) mass is 444 g/mol. The van der Waals surface area contributed by atoms with Gasteiger partial charge in [0.15, 0.2) is 0 Å². The molecule has 0 bridgehead atoms. The summed E-state index contributed by atoms with van der Waals surface area (Å²) < 4.78 is 0. The highest BCUT2D eigenvalue weighted by atomic mass is 16.2. The van der Waals surface area contributed by atoms with Crippen molar-refractivity contribution < 1.29 is 14.4 Å². The zero-order valence-electron chi connectivity index (χ0n) is 18.9. The number of aromatic amines is 1. The molecule has 3 heterocycles. The number of benzene rings is 2. The Hall–Kier alpha value is -3.61. The van der Waals surface area contributed by atoms with Crippen molar-refractivity contribution in [2.45, 2.75) is 51.2 Å². The van der Waals surface area contributed by atoms with Crippen molar-refractivity contribution in [2.75, 3.05) is 6.54 Å². The van der Waals surface area contributed by atoms with Gasteiger partial charge in [-0.1, -0.05) is 49.7 Å². The summed E-state index contributed by atoms with van der Waals surface area (Å²) in [4.78, 5) is 44.5. The third kappa shape index (κ3) is 3.48. The van der Waals surface area contributed by atoms with E-state index < -0.39 is 12.1 Å². The highest BCUT2D eigenvalue weighted by Gasteiger charge is 2.49. The number of rotatable bonds is 6. The highest BCUT2D eigenvalue weighted by Crippen LogP contribution is 2.46. The van der Waals surface area contributed by atoms with Crippen molar-refractivity contribution in [1.29, 1.82) is 0 Å². The average molecular weight is 445 g/mol. The maximum Gasteiger partial charge on any atom is 0.255 e. The third-order valence-corrected chi connectivity index (χ3v) is 6.74. The minimum Gasteiger partial charge on any atom is -0.356 e. The Morgan fingerprint density at radius 2 is 1.91 bits per heavy atom. The van der Waals surface area contributed by atoms with Crippen LogP contribution in [0.25, 0.3) is 10.9 Å². The fraction of sp³-hybridized carbons (Fsp3) is 0.346. The van der Waals surface area contributed by atoms with E-state index in [0.717, 1.165) is 40.6 Å². The van der Waals surface area contributed by atoms with E-state index in [4.69, 9.17) is 0 Å². The molecule has 2 aliphatic heterocycles. The molecular weight excluding hydrogens is 416 g/mol. The van der Waals surface area contributed by atoms with Gasteiger partial charge in [0, 0.05) is 35.1 Å². The molecule has 0 aliphatic carbocycles. The number of H-pyrrole nitrogens is 1. The Morgan fingerprint density at radius 1 is 1.15 bits per heavy atom. The molecule has 3 atom stereocenters. The standard InChI is InChI=1S/C26H28N4O3/c1-3-4-13-27-24(31)15(2)28-25(32)21-14-19-16-9-7-8-12-20(16)29-22(19)23-17-10-5-6-11-18(17)26(33)30(21)23/h5-12,15,21,23,29H,3-4,13-14H2,1-2H3,(H,27,31)(H,28,32)/t15-,21-,23+/m0/s1. The number of nitrogens with zero attached hydrogens (tertiary/aromatic N) is 1. The van der Waals surface area contributed by atoms with Gasteiger partial charge in [0.2, 0.25) is 11.8 Å². The summed E-state index contributed by atoms with van der Waals surface area (Å²) in [6.07, 6.45) is 2.27. The number of hydrogen-bond donors (Lipinski definition) is 3. The van der Waals surface area contributed by atoms with Crippen LogP contribution >= 0.6 is 0 Å². The molecule has 5 rings (SSSR count). The van der Waals surface area contributed by atoms with Crippen LogP contribution in [0.4, 0.5) is 0 Å². The maximum absolute atomic E-state index is 13.5. The Balaban J connectivity index is 1.50. The van der Waals surface area contributed by atoms with Gasteiger partial charge in [-0.2, -0.15) is 0 Å². The summed E-state index contributed by atoms with van der Waals surface area (Å²) in [7, 11) is 0. The molecule has 170 valence electrons. The van der Waals surface area contributed by atoms with E-state index in [1.54, 1.807) is 11.8 Å². The van der Waals surface area contributed by atoms with E-state index >= 15 is 0 Å². The fourth-order valence-corrected chi connectivity index (χ4v) is 5.05. The van der Waals surface area contributed by atoms with Crippen molar-refractivity contribution in [2.24, 2.45) is 0 Å². The van der Waals surface area contributed by atoms with E-state index in [1.807, 2.05) is 48.5 Å². The second-order valence-corrected chi connectivity index (χ2v) is 8.86. The first-order chi connectivity index (χ1) is 16.0. The van der Waals surface area contributed by atoms with Gasteiger partial charge >= 0.3 is 0 Å². The summed E-state index contributed by atoms with van der Waals surface area (Å²) in [5.74, 6) is -0.677. The van der Waals surface area contributed by atoms with Crippen LogP contribution in [0.15, 0.2) is 48.5 Å². The number of carbonyl (C=O) groups is 3. The number of amides is 3. The normalized spacial score (nSPS) is 19.6. The number of aromatic nitrogens is 1. The number of para-hydroxylation sites is 1. The van der Waals surface area contributed by atoms with Crippen LogP contribution in [0.5, 0.6) is 0 Å². The van der Waals surface area contributed by atoms with Crippen LogP contribution in [0.3, 0.4) is 0 Å². The van der Waals surface area contributed by atoms with Crippen molar-refractivity contribution in [3.63, 3.8) is 0 Å². The number of unbranched alkanes of at least 4 members (excludes halogenated alkanes) is 1. The minimum atomic E-state index is -0.701. The minimum absolute atomic E-state index is 0.153. The van der Waals surface area contributed by atoms with Crippen molar-refractivity contribution in [1.82, 2.24) is 20.5 Å². The molecule has 7 heteroatoms. The van der Waals surface area contributed by atoms with E-state index in [1.165, 1.54) is 0 Å². The molecule has 3 amide bonds. The molecule has 0 saturated carbocycles. The van der Waals surface area contributed by atoms with Gasteiger partial charge in [0.25, 0.3) is 5.91 Å². The van der Waals surface area contributed by atoms with Crippen LogP contribution in [-0.4, -0.2) is 46.2 Å². The average Bonchev–Trinajstić information content (AvgIpc) is 3.34. The molecular formula is C26H28N4O3. The summed E-state index contributed by atoms with van der Waals surface area (Å²) in [6.45, 7) is 4.32. The van der Waals surface area contributed by atoms with Gasteiger partial charge in [-0.25, -0.2) is 0 Å². The molecule has 0 radical (unpaired) electrons. The molecule has 7 nitrogen and oxygen atoms in total. The molecule has 33 heavy (non-hydrogen) atoms. The van der Waals surface area contributed by atoms with Crippen molar-refractivity contribution in [3.05, 3.63) is 70.9 Å². The Kier molecular flexibility index (Phi) is 5.40. The summed E-state index contributed by atoms with van der Waals surface area (Å²) in [5, 5.41) is 6.77. The van der Waals surface area contributed by atoms with Crippen LogP contribution in [-0.2, 0) is 16.0 Å². The Morgan fingerprint density at radius 3 is 2.73 bits per heavy atom. The van der Waals surface area contributed by atoms with E-state index in [2.05, 4.69) is 22.5 Å². The van der Waals surface area contributed by atoms with Gasteiger partial charge in [-0.3, -0.25) is 14.4 Å². The fourth-order valence-electron chi connectivity index (χ4n) is 5.05. The second-order valence-electron chi connectivity index (χ2n) is 8.86. The maximum atomic E-state index is 13.5. The molecule has 0 fully saturated rings. The number of carbonyl (C=O) groups excluding carboxylic acids is 3. The van der Waals surface area contributed by atoms with Crippen LogP contribution in [0.2, 0.25) is 0 Å². The van der Waals surface area contributed by atoms with Gasteiger partial charge in [-0.15, -0.1) is 0 Å². The zero-order chi connectivity index (χ0) is 23.1. The number of fused-ring (bicyclic) bond motifs is 7. The van der Waals surface area contributed by atoms with E-state index in [9.17, 15) is 14.4 Å². The Labute approximate surface area is 192 Å². The topological polar surface area (TPSA) is 94.3 Å². The summed E-state index contributed by atoms with van der Waals surface area (Å²) in [6, 6.07) is 13.8. The van der Waals surface area contributed by atoms with Crippen LogP contribution in [0.1, 0.15) is 59.9 Å². The van der Waals surface area contributed by atoms with Gasteiger partial charge in [0.1, 0.15) is 12.1 Å². The third-order valence-electron chi connectivity index (χ3n) is 6.74. The van der Waals surface area contributed by atoms with Crippen LogP contribution < -0.4 is 10.6 Å². The van der Waals surface area contributed by atoms with E-state index in [-0.39, 0.29) is 23.8 Å². The molecule has 3 aromatic rings. The van der Waals surface area contributed by atoms with E-state index in [0.29, 0.717) is 18.5 Å². The first-order valence-corrected chi connectivity index (χ1v) is 11.6. The summed E-state index contributed by atoms with van der Waals surface area (Å²) >= 11 is 0. The molecule has 0 spiro atoms. The van der Waals surface area contributed by atoms with Crippen LogP contribution in [0, 0.1) is 0 Å². The second kappa shape index (κ2) is 8.39. The Bertz CT molecular complexity index is 1250. The lowest BCUT2D eigenvalue weighted by Gasteiger charge is -2.37. The quantitative estimate of drug-likeness (QED) is 0.510. The SMILES string of the molecule is CCCCNC(=O)[C@H](C)NC(=O)[C@@H]1Cc2c([nH]c3ccccc23)[C@H]2c3ccccc3C(=O)N21. The molecule has 3 N–H and O–H groups in total. The lowest BCUT2D eigenvalue weighted by atomic mass is 9.90. The largest absolute Gasteiger partial charge is 0.356 e. The summed E-state index contributed by atoms with van der Waals surface area (Å²) in [5.41, 5.74) is 4.53. The molecule has 2 aromatic carbocycles. The first-order valence-electron chi connectivity index (χ1n) is 11.6. The molecule has 1 aromatic heterocycles. The lowest BCUT2D eigenvalue weighted by molar-refractivity contribution is -0.131. The zero-order valence-corrected chi connectivity index (χ0v) is 18.9. The highest BCUT2D eigenvalue weighted by molar-refractivity contribution is 6.04. The van der Waals surface area contributed by atoms with Gasteiger partial charge in [0.05, 0.1) is 6.04 Å². The van der Waals surface area contributed by atoms with Gasteiger partial charge in [-0.05, 0) is 36.6 Å². The number of nitrogens with one attached hydrogen (secondary N) is 3. The lowest BCUT2D eigenvalue weighted by Crippen LogP contribution is -2.56. The van der Waals surface area contributed by atoms with Crippen molar-refractivity contribution >= 4 is 28.6 Å². The predicted octanol–water partition coefficient (Wildman–Crippen LogP) is 3.06. The number of hydrogen-bond acceptors (Lipinski definition) is 3. The predicted molar refractivity (Wildman–Crippen MR) is 126 cm³/mol. The first kappa shape index (κ1) is 21.2. The van der Waals surface area contributed by atoms with Crippen molar-refractivity contribution in [3.8, 4) is 0 Å². The molecule has 0 saturated heterocycles. The smallest absolute Gasteiger partial charge is 0.255 e. The molecule has 0 unspecified atom stereocenters. The molecule has 2 aliphatic rings. The van der Waals surface area contributed by atoms with Gasteiger partial charge < -0.3 is 20.5 Å².